The molecular formula is C15H20N2O. The summed E-state index contributed by atoms with van der Waals surface area (Å²) in [6, 6.07) is 8.60. The SMILES string of the molecule is C=CC(=O)NCCCN1CCCc2ccccc21. The van der Waals surface area contributed by atoms with E-state index in [2.05, 4.69) is 41.1 Å². The predicted octanol–water partition coefficient (Wildman–Crippen LogP) is 2.13. The van der Waals surface area contributed by atoms with Crippen LogP contribution in [0.15, 0.2) is 36.9 Å². The standard InChI is InChI=1S/C15H20N2O/c1-2-15(18)16-10-6-12-17-11-5-8-13-7-3-4-9-14(13)17/h2-4,7,9H,1,5-6,8,10-12H2,(H,16,18). The number of benzene rings is 1. The third kappa shape index (κ3) is 3.13. The van der Waals surface area contributed by atoms with Crippen molar-refractivity contribution in [3.8, 4) is 0 Å². The van der Waals surface area contributed by atoms with Crippen LogP contribution in [0, 0.1) is 0 Å². The number of nitrogens with one attached hydrogen (secondary N) is 1. The maximum atomic E-state index is 11.0. The molecule has 96 valence electrons. The van der Waals surface area contributed by atoms with Gasteiger partial charge >= 0.3 is 0 Å². The van der Waals surface area contributed by atoms with Crippen LogP contribution in [0.1, 0.15) is 18.4 Å². The molecule has 3 heteroatoms. The Hall–Kier alpha value is -1.77. The van der Waals surface area contributed by atoms with Crippen LogP contribution in [0.4, 0.5) is 5.69 Å². The molecule has 1 N–H and O–H groups in total. The fourth-order valence-corrected chi connectivity index (χ4v) is 2.40. The summed E-state index contributed by atoms with van der Waals surface area (Å²) in [7, 11) is 0. The van der Waals surface area contributed by atoms with Gasteiger partial charge in [-0.05, 0) is 37.0 Å². The van der Waals surface area contributed by atoms with Gasteiger partial charge in [-0.15, -0.1) is 0 Å². The van der Waals surface area contributed by atoms with Crippen molar-refractivity contribution in [3.05, 3.63) is 42.5 Å². The van der Waals surface area contributed by atoms with Crippen LogP contribution < -0.4 is 10.2 Å². The highest BCUT2D eigenvalue weighted by atomic mass is 16.1. The molecule has 1 heterocycles. The smallest absolute Gasteiger partial charge is 0.243 e. The first kappa shape index (κ1) is 12.7. The summed E-state index contributed by atoms with van der Waals surface area (Å²) in [6.45, 7) is 6.26. The van der Waals surface area contributed by atoms with Gasteiger partial charge in [-0.1, -0.05) is 24.8 Å². The molecule has 1 aliphatic rings. The molecule has 18 heavy (non-hydrogen) atoms. The topological polar surface area (TPSA) is 32.3 Å². The fourth-order valence-electron chi connectivity index (χ4n) is 2.40. The number of fused-ring (bicyclic) bond motifs is 1. The van der Waals surface area contributed by atoms with Gasteiger partial charge in [0, 0.05) is 25.3 Å². The third-order valence-electron chi connectivity index (χ3n) is 3.30. The van der Waals surface area contributed by atoms with Gasteiger partial charge in [0.25, 0.3) is 0 Å². The number of hydrogen-bond donors (Lipinski definition) is 1. The number of para-hydroxylation sites is 1. The van der Waals surface area contributed by atoms with Gasteiger partial charge in [0.1, 0.15) is 0 Å². The molecule has 0 fully saturated rings. The second kappa shape index (κ2) is 6.24. The molecule has 1 aromatic carbocycles. The lowest BCUT2D eigenvalue weighted by Gasteiger charge is -2.31. The number of rotatable bonds is 5. The van der Waals surface area contributed by atoms with Gasteiger partial charge < -0.3 is 10.2 Å². The Morgan fingerprint density at radius 3 is 3.11 bits per heavy atom. The zero-order valence-electron chi connectivity index (χ0n) is 10.7. The predicted molar refractivity (Wildman–Crippen MR) is 74.8 cm³/mol. The Bertz CT molecular complexity index is 428. The second-order valence-electron chi connectivity index (χ2n) is 4.57. The highest BCUT2D eigenvalue weighted by Gasteiger charge is 2.15. The number of aryl methyl sites for hydroxylation is 1. The van der Waals surface area contributed by atoms with Crippen LogP contribution in [0.5, 0.6) is 0 Å². The van der Waals surface area contributed by atoms with Crippen molar-refractivity contribution in [2.45, 2.75) is 19.3 Å². The average molecular weight is 244 g/mol. The van der Waals surface area contributed by atoms with E-state index < -0.39 is 0 Å². The Balaban J connectivity index is 1.84. The van der Waals surface area contributed by atoms with E-state index in [0.717, 1.165) is 19.5 Å². The van der Waals surface area contributed by atoms with Crippen LogP contribution in [-0.4, -0.2) is 25.5 Å². The molecule has 0 bridgehead atoms. The van der Waals surface area contributed by atoms with Crippen molar-refractivity contribution in [1.29, 1.82) is 0 Å². The number of hydrogen-bond acceptors (Lipinski definition) is 2. The number of amides is 1. The highest BCUT2D eigenvalue weighted by molar-refractivity contribution is 5.86. The quantitative estimate of drug-likeness (QED) is 0.635. The van der Waals surface area contributed by atoms with E-state index in [1.807, 2.05) is 0 Å². The minimum absolute atomic E-state index is 0.0888. The van der Waals surface area contributed by atoms with E-state index in [1.54, 1.807) is 0 Å². The molecular weight excluding hydrogens is 224 g/mol. The summed E-state index contributed by atoms with van der Waals surface area (Å²) in [5.74, 6) is -0.0888. The third-order valence-corrected chi connectivity index (χ3v) is 3.30. The van der Waals surface area contributed by atoms with E-state index >= 15 is 0 Å². The lowest BCUT2D eigenvalue weighted by Crippen LogP contribution is -2.32. The Labute approximate surface area is 108 Å². The Morgan fingerprint density at radius 1 is 1.44 bits per heavy atom. The number of carbonyl (C=O) groups is 1. The molecule has 3 nitrogen and oxygen atoms in total. The van der Waals surface area contributed by atoms with Crippen molar-refractivity contribution >= 4 is 11.6 Å². The van der Waals surface area contributed by atoms with E-state index in [4.69, 9.17) is 0 Å². The molecule has 1 aromatic rings. The van der Waals surface area contributed by atoms with Gasteiger partial charge in [-0.2, -0.15) is 0 Å². The molecule has 1 aliphatic heterocycles. The van der Waals surface area contributed by atoms with Gasteiger partial charge in [-0.25, -0.2) is 0 Å². The van der Waals surface area contributed by atoms with E-state index in [9.17, 15) is 4.79 Å². The normalized spacial score (nSPS) is 13.9. The zero-order chi connectivity index (χ0) is 12.8. The van der Waals surface area contributed by atoms with Crippen LogP contribution in [-0.2, 0) is 11.2 Å². The maximum Gasteiger partial charge on any atom is 0.243 e. The van der Waals surface area contributed by atoms with Gasteiger partial charge in [0.05, 0.1) is 0 Å². The Kier molecular flexibility index (Phi) is 4.40. The van der Waals surface area contributed by atoms with Crippen molar-refractivity contribution < 1.29 is 4.79 Å². The van der Waals surface area contributed by atoms with Gasteiger partial charge in [0.15, 0.2) is 0 Å². The Morgan fingerprint density at radius 2 is 2.28 bits per heavy atom. The van der Waals surface area contributed by atoms with Crippen molar-refractivity contribution in [2.75, 3.05) is 24.5 Å². The zero-order valence-corrected chi connectivity index (χ0v) is 10.7. The first-order valence-corrected chi connectivity index (χ1v) is 6.54. The van der Waals surface area contributed by atoms with Crippen LogP contribution >= 0.6 is 0 Å². The number of carbonyl (C=O) groups excluding carboxylic acids is 1. The molecule has 0 saturated carbocycles. The second-order valence-corrected chi connectivity index (χ2v) is 4.57. The molecule has 0 aromatic heterocycles. The molecule has 0 saturated heterocycles. The average Bonchev–Trinajstić information content (AvgIpc) is 2.43. The summed E-state index contributed by atoms with van der Waals surface area (Å²) >= 11 is 0. The lowest BCUT2D eigenvalue weighted by molar-refractivity contribution is -0.116. The van der Waals surface area contributed by atoms with Crippen LogP contribution in [0.2, 0.25) is 0 Å². The van der Waals surface area contributed by atoms with E-state index in [-0.39, 0.29) is 5.91 Å². The number of anilines is 1. The van der Waals surface area contributed by atoms with Gasteiger partial charge in [-0.3, -0.25) is 4.79 Å². The summed E-state index contributed by atoms with van der Waals surface area (Å²) in [5.41, 5.74) is 2.80. The summed E-state index contributed by atoms with van der Waals surface area (Å²) in [6.07, 6.45) is 4.68. The lowest BCUT2D eigenvalue weighted by atomic mass is 10.0. The van der Waals surface area contributed by atoms with E-state index in [1.165, 1.54) is 30.2 Å². The molecule has 0 spiro atoms. The molecule has 2 rings (SSSR count). The van der Waals surface area contributed by atoms with Crippen molar-refractivity contribution in [3.63, 3.8) is 0 Å². The summed E-state index contributed by atoms with van der Waals surface area (Å²) < 4.78 is 0. The fraction of sp³-hybridized carbons (Fsp3) is 0.400. The number of nitrogens with zero attached hydrogens (tertiary/aromatic N) is 1. The molecule has 0 radical (unpaired) electrons. The minimum atomic E-state index is -0.0888. The monoisotopic (exact) mass is 244 g/mol. The first-order chi connectivity index (χ1) is 8.81. The summed E-state index contributed by atoms with van der Waals surface area (Å²) in [4.78, 5) is 13.4. The maximum absolute atomic E-state index is 11.0. The molecule has 0 unspecified atom stereocenters. The minimum Gasteiger partial charge on any atom is -0.371 e. The molecule has 0 atom stereocenters. The largest absolute Gasteiger partial charge is 0.371 e. The van der Waals surface area contributed by atoms with Gasteiger partial charge in [0.2, 0.25) is 5.91 Å². The summed E-state index contributed by atoms with van der Waals surface area (Å²) in [5, 5.41) is 2.81. The van der Waals surface area contributed by atoms with Crippen molar-refractivity contribution in [2.24, 2.45) is 0 Å². The molecule has 1 amide bonds. The molecule has 0 aliphatic carbocycles. The highest BCUT2D eigenvalue weighted by Crippen LogP contribution is 2.26. The van der Waals surface area contributed by atoms with Crippen LogP contribution in [0.25, 0.3) is 0 Å². The first-order valence-electron chi connectivity index (χ1n) is 6.54. The van der Waals surface area contributed by atoms with E-state index in [0.29, 0.717) is 6.54 Å². The van der Waals surface area contributed by atoms with Crippen LogP contribution in [0.3, 0.4) is 0 Å². The van der Waals surface area contributed by atoms with Crippen molar-refractivity contribution in [1.82, 2.24) is 5.32 Å².